The highest BCUT2D eigenvalue weighted by molar-refractivity contribution is 7.89. The molecule has 2 unspecified atom stereocenters. The summed E-state index contributed by atoms with van der Waals surface area (Å²) in [6, 6.07) is 6.74. The molecule has 0 saturated heterocycles. The van der Waals surface area contributed by atoms with Gasteiger partial charge in [-0.05, 0) is 36.5 Å². The third-order valence-electron chi connectivity index (χ3n) is 4.38. The van der Waals surface area contributed by atoms with Gasteiger partial charge in [0.2, 0.25) is 10.0 Å². The van der Waals surface area contributed by atoms with Crippen molar-refractivity contribution in [2.24, 2.45) is 0 Å². The molecule has 0 heterocycles. The summed E-state index contributed by atoms with van der Waals surface area (Å²) in [7, 11) is -1.97. The molecule has 0 spiro atoms. The molecule has 1 aromatic carbocycles. The van der Waals surface area contributed by atoms with E-state index in [-0.39, 0.29) is 6.04 Å². The van der Waals surface area contributed by atoms with Gasteiger partial charge in [0.05, 0.1) is 17.0 Å². The van der Waals surface area contributed by atoms with Gasteiger partial charge in [-0.15, -0.1) is 0 Å². The van der Waals surface area contributed by atoms with E-state index < -0.39 is 16.1 Å². The Balaban J connectivity index is 2.24. The van der Waals surface area contributed by atoms with Crippen LogP contribution in [0.4, 0.5) is 0 Å². The van der Waals surface area contributed by atoms with Crippen molar-refractivity contribution in [3.05, 3.63) is 29.8 Å². The zero-order valence-corrected chi connectivity index (χ0v) is 13.8. The zero-order chi connectivity index (χ0) is 15.6. The molecule has 2 rings (SSSR count). The van der Waals surface area contributed by atoms with E-state index in [9.17, 15) is 13.5 Å². The Kier molecular flexibility index (Phi) is 5.07. The van der Waals surface area contributed by atoms with Crippen LogP contribution in [0.15, 0.2) is 29.2 Å². The van der Waals surface area contributed by atoms with Crippen LogP contribution in [0.3, 0.4) is 0 Å². The van der Waals surface area contributed by atoms with Gasteiger partial charge < -0.3 is 5.11 Å². The number of hydrogen-bond donors (Lipinski definition) is 1. The quantitative estimate of drug-likeness (QED) is 0.930. The molecule has 1 N–H and O–H groups in total. The topological polar surface area (TPSA) is 57.6 Å². The standard InChI is InChI=1S/C16H25NO3S/c1-12(2)13-8-10-14(11-9-13)21(19,20)17(3)15-6-4-5-7-16(15)18/h8-12,15-16,18H,4-7H2,1-3H3. The highest BCUT2D eigenvalue weighted by Gasteiger charge is 2.34. The average Bonchev–Trinajstić information content (AvgIpc) is 2.47. The lowest BCUT2D eigenvalue weighted by Crippen LogP contribution is -2.46. The maximum absolute atomic E-state index is 12.7. The normalized spacial score (nSPS) is 23.7. The summed E-state index contributed by atoms with van der Waals surface area (Å²) in [6.07, 6.45) is 2.77. The number of likely N-dealkylation sites (N-methyl/N-ethyl adjacent to an activating group) is 1. The Morgan fingerprint density at radius 2 is 1.71 bits per heavy atom. The molecule has 0 amide bonds. The van der Waals surface area contributed by atoms with Gasteiger partial charge in [-0.1, -0.05) is 38.8 Å². The Labute approximate surface area is 127 Å². The molecule has 118 valence electrons. The minimum absolute atomic E-state index is 0.298. The first-order chi connectivity index (χ1) is 9.84. The molecule has 1 aromatic rings. The van der Waals surface area contributed by atoms with Gasteiger partial charge in [-0.3, -0.25) is 0 Å². The number of aliphatic hydroxyl groups excluding tert-OH is 1. The molecule has 0 aliphatic heterocycles. The van der Waals surface area contributed by atoms with Crippen LogP contribution in [-0.2, 0) is 10.0 Å². The van der Waals surface area contributed by atoms with Gasteiger partial charge in [0, 0.05) is 7.05 Å². The second-order valence-corrected chi connectivity index (χ2v) is 8.16. The maximum Gasteiger partial charge on any atom is 0.243 e. The van der Waals surface area contributed by atoms with Crippen molar-refractivity contribution in [1.82, 2.24) is 4.31 Å². The highest BCUT2D eigenvalue weighted by Crippen LogP contribution is 2.27. The lowest BCUT2D eigenvalue weighted by molar-refractivity contribution is 0.0638. The minimum Gasteiger partial charge on any atom is -0.391 e. The summed E-state index contributed by atoms with van der Waals surface area (Å²) >= 11 is 0. The van der Waals surface area contributed by atoms with Crippen molar-refractivity contribution in [2.45, 2.75) is 62.5 Å². The summed E-state index contributed by atoms with van der Waals surface area (Å²) in [4.78, 5) is 0.298. The van der Waals surface area contributed by atoms with E-state index in [1.54, 1.807) is 19.2 Å². The van der Waals surface area contributed by atoms with Crippen LogP contribution < -0.4 is 0 Å². The van der Waals surface area contributed by atoms with Gasteiger partial charge in [0.1, 0.15) is 0 Å². The molecule has 21 heavy (non-hydrogen) atoms. The largest absolute Gasteiger partial charge is 0.391 e. The first kappa shape index (κ1) is 16.5. The number of benzene rings is 1. The number of hydrogen-bond acceptors (Lipinski definition) is 3. The number of rotatable bonds is 4. The summed E-state index contributed by atoms with van der Waals surface area (Å²) in [6.45, 7) is 4.15. The van der Waals surface area contributed by atoms with Gasteiger partial charge in [-0.2, -0.15) is 4.31 Å². The summed E-state index contributed by atoms with van der Waals surface area (Å²) in [5.74, 6) is 0.375. The fourth-order valence-corrected chi connectivity index (χ4v) is 4.30. The smallest absolute Gasteiger partial charge is 0.243 e. The number of nitrogens with zero attached hydrogens (tertiary/aromatic N) is 1. The van der Waals surface area contributed by atoms with E-state index in [0.717, 1.165) is 24.8 Å². The van der Waals surface area contributed by atoms with Gasteiger partial charge in [-0.25, -0.2) is 8.42 Å². The molecule has 1 aliphatic carbocycles. The van der Waals surface area contributed by atoms with Crippen LogP contribution in [0.1, 0.15) is 51.0 Å². The van der Waals surface area contributed by atoms with Crippen LogP contribution in [0.25, 0.3) is 0 Å². The highest BCUT2D eigenvalue weighted by atomic mass is 32.2. The molecule has 0 bridgehead atoms. The second kappa shape index (κ2) is 6.46. The van der Waals surface area contributed by atoms with Crippen molar-refractivity contribution in [3.63, 3.8) is 0 Å². The SMILES string of the molecule is CC(C)c1ccc(S(=O)(=O)N(C)C2CCCCC2O)cc1. The van der Waals surface area contributed by atoms with E-state index in [1.165, 1.54) is 4.31 Å². The Hall–Kier alpha value is -0.910. The lowest BCUT2D eigenvalue weighted by atomic mass is 9.93. The minimum atomic E-state index is -3.54. The van der Waals surface area contributed by atoms with Crippen LogP contribution >= 0.6 is 0 Å². The van der Waals surface area contributed by atoms with Gasteiger partial charge in [0.15, 0.2) is 0 Å². The van der Waals surface area contributed by atoms with Crippen LogP contribution in [0.5, 0.6) is 0 Å². The van der Waals surface area contributed by atoms with Crippen LogP contribution in [0, 0.1) is 0 Å². The lowest BCUT2D eigenvalue weighted by Gasteiger charge is -2.34. The second-order valence-electron chi connectivity index (χ2n) is 6.16. The molecule has 1 saturated carbocycles. The van der Waals surface area contributed by atoms with E-state index >= 15 is 0 Å². The summed E-state index contributed by atoms with van der Waals surface area (Å²) in [5.41, 5.74) is 1.12. The molecular weight excluding hydrogens is 286 g/mol. The van der Waals surface area contributed by atoms with E-state index in [4.69, 9.17) is 0 Å². The fourth-order valence-electron chi connectivity index (χ4n) is 2.89. The zero-order valence-electron chi connectivity index (χ0n) is 13.0. The molecule has 1 aliphatic rings. The fraction of sp³-hybridized carbons (Fsp3) is 0.625. The molecule has 1 fully saturated rings. The summed E-state index contributed by atoms with van der Waals surface area (Å²) in [5, 5.41) is 10.1. The van der Waals surface area contributed by atoms with E-state index in [1.807, 2.05) is 12.1 Å². The van der Waals surface area contributed by atoms with Crippen molar-refractivity contribution >= 4 is 10.0 Å². The average molecular weight is 311 g/mol. The van der Waals surface area contributed by atoms with Gasteiger partial charge >= 0.3 is 0 Å². The third kappa shape index (κ3) is 3.47. The predicted octanol–water partition coefficient (Wildman–Crippen LogP) is 2.73. The predicted molar refractivity (Wildman–Crippen MR) is 83.7 cm³/mol. The van der Waals surface area contributed by atoms with Crippen LogP contribution in [0.2, 0.25) is 0 Å². The number of aliphatic hydroxyl groups is 1. The molecule has 2 atom stereocenters. The first-order valence-corrected chi connectivity index (χ1v) is 9.04. The van der Waals surface area contributed by atoms with Crippen molar-refractivity contribution in [1.29, 1.82) is 0 Å². The molecule has 5 heteroatoms. The maximum atomic E-state index is 12.7. The monoisotopic (exact) mass is 311 g/mol. The van der Waals surface area contributed by atoms with Crippen molar-refractivity contribution < 1.29 is 13.5 Å². The Bertz CT molecular complexity index is 566. The van der Waals surface area contributed by atoms with E-state index in [2.05, 4.69) is 13.8 Å². The Morgan fingerprint density at radius 1 is 1.14 bits per heavy atom. The van der Waals surface area contributed by atoms with Crippen molar-refractivity contribution in [2.75, 3.05) is 7.05 Å². The molecule has 4 nitrogen and oxygen atoms in total. The van der Waals surface area contributed by atoms with Crippen LogP contribution in [-0.4, -0.2) is 37.0 Å². The molecule has 0 radical (unpaired) electrons. The summed E-state index contributed by atoms with van der Waals surface area (Å²) < 4.78 is 26.7. The third-order valence-corrected chi connectivity index (χ3v) is 6.28. The first-order valence-electron chi connectivity index (χ1n) is 7.60. The molecule has 0 aromatic heterocycles. The van der Waals surface area contributed by atoms with Crippen molar-refractivity contribution in [3.8, 4) is 0 Å². The van der Waals surface area contributed by atoms with E-state index in [0.29, 0.717) is 17.2 Å². The van der Waals surface area contributed by atoms with Gasteiger partial charge in [0.25, 0.3) is 0 Å². The Morgan fingerprint density at radius 3 is 2.24 bits per heavy atom. The molecular formula is C16H25NO3S. The number of sulfonamides is 1.